The third kappa shape index (κ3) is 5.63. The van der Waals surface area contributed by atoms with Crippen molar-refractivity contribution in [2.45, 2.75) is 58.6 Å². The van der Waals surface area contributed by atoms with Crippen molar-refractivity contribution in [3.63, 3.8) is 0 Å². The summed E-state index contributed by atoms with van der Waals surface area (Å²) in [7, 11) is 1.87. The lowest BCUT2D eigenvalue weighted by molar-refractivity contribution is -0.0835. The van der Waals surface area contributed by atoms with Gasteiger partial charge >= 0.3 is 0 Å². The molecule has 0 bridgehead atoms. The number of anilines is 1. The van der Waals surface area contributed by atoms with Crippen LogP contribution in [-0.2, 0) is 4.74 Å². The standard InChI is InChI=1S/C23H38N4O/c1-23(2,3)21-18(10-9-15-28-21)16-25-22(24-4)26-19-11-8-14-27(17-19)20-12-6-5-7-13-20/h5-7,12-13,18-19,21H,8-11,14-17H2,1-4H3,(H2,24,25,26). The van der Waals surface area contributed by atoms with Crippen molar-refractivity contribution in [3.05, 3.63) is 30.3 Å². The molecule has 0 spiro atoms. The van der Waals surface area contributed by atoms with Gasteiger partial charge in [-0.1, -0.05) is 39.0 Å². The van der Waals surface area contributed by atoms with Crippen molar-refractivity contribution >= 4 is 11.6 Å². The van der Waals surface area contributed by atoms with Crippen molar-refractivity contribution in [1.82, 2.24) is 10.6 Å². The fourth-order valence-corrected chi connectivity index (χ4v) is 4.59. The van der Waals surface area contributed by atoms with Crippen LogP contribution in [0.4, 0.5) is 5.69 Å². The van der Waals surface area contributed by atoms with E-state index in [2.05, 4.69) is 71.6 Å². The van der Waals surface area contributed by atoms with Crippen LogP contribution in [0.3, 0.4) is 0 Å². The molecule has 0 aliphatic carbocycles. The lowest BCUT2D eigenvalue weighted by Gasteiger charge is -2.40. The Morgan fingerprint density at radius 2 is 1.96 bits per heavy atom. The molecule has 3 unspecified atom stereocenters. The average Bonchev–Trinajstić information content (AvgIpc) is 2.71. The highest BCUT2D eigenvalue weighted by Gasteiger charge is 2.35. The van der Waals surface area contributed by atoms with Gasteiger partial charge in [0.05, 0.1) is 6.10 Å². The van der Waals surface area contributed by atoms with E-state index < -0.39 is 0 Å². The maximum Gasteiger partial charge on any atom is 0.191 e. The smallest absolute Gasteiger partial charge is 0.191 e. The normalized spacial score (nSPS) is 26.8. The first-order chi connectivity index (χ1) is 13.5. The van der Waals surface area contributed by atoms with E-state index >= 15 is 0 Å². The molecule has 28 heavy (non-hydrogen) atoms. The maximum absolute atomic E-state index is 6.13. The van der Waals surface area contributed by atoms with Gasteiger partial charge in [-0.25, -0.2) is 0 Å². The largest absolute Gasteiger partial charge is 0.377 e. The van der Waals surface area contributed by atoms with E-state index in [9.17, 15) is 0 Å². The van der Waals surface area contributed by atoms with E-state index in [0.717, 1.165) is 38.6 Å². The molecule has 0 amide bonds. The second kappa shape index (κ2) is 9.64. The summed E-state index contributed by atoms with van der Waals surface area (Å²) in [5.74, 6) is 1.44. The number of nitrogens with zero attached hydrogens (tertiary/aromatic N) is 2. The third-order valence-corrected chi connectivity index (χ3v) is 5.94. The number of aliphatic imine (C=N–C) groups is 1. The lowest BCUT2D eigenvalue weighted by atomic mass is 9.78. The van der Waals surface area contributed by atoms with Gasteiger partial charge in [0, 0.05) is 50.9 Å². The molecule has 3 rings (SSSR count). The van der Waals surface area contributed by atoms with Crippen molar-refractivity contribution in [3.8, 4) is 0 Å². The van der Waals surface area contributed by atoms with Crippen LogP contribution in [0.1, 0.15) is 46.5 Å². The monoisotopic (exact) mass is 386 g/mol. The number of piperidine rings is 1. The van der Waals surface area contributed by atoms with Gasteiger partial charge in [-0.05, 0) is 43.2 Å². The SMILES string of the molecule is CN=C(NCC1CCCOC1C(C)(C)C)NC1CCCN(c2ccccc2)C1. The van der Waals surface area contributed by atoms with Gasteiger partial charge < -0.3 is 20.3 Å². The summed E-state index contributed by atoms with van der Waals surface area (Å²) in [6, 6.07) is 11.1. The van der Waals surface area contributed by atoms with Gasteiger partial charge in [0.1, 0.15) is 0 Å². The number of ether oxygens (including phenoxy) is 1. The van der Waals surface area contributed by atoms with Crippen molar-refractivity contribution in [1.29, 1.82) is 0 Å². The molecule has 3 atom stereocenters. The van der Waals surface area contributed by atoms with Gasteiger partial charge in [-0.2, -0.15) is 0 Å². The van der Waals surface area contributed by atoms with Gasteiger partial charge in [0.15, 0.2) is 5.96 Å². The quantitative estimate of drug-likeness (QED) is 0.612. The molecule has 1 aromatic rings. The predicted molar refractivity (Wildman–Crippen MR) is 118 cm³/mol. The van der Waals surface area contributed by atoms with E-state index in [1.807, 2.05) is 7.05 Å². The molecule has 0 saturated carbocycles. The number of guanidine groups is 1. The average molecular weight is 387 g/mol. The van der Waals surface area contributed by atoms with Crippen LogP contribution in [-0.4, -0.2) is 51.4 Å². The number of rotatable bonds is 4. The molecule has 0 radical (unpaired) electrons. The van der Waals surface area contributed by atoms with E-state index in [0.29, 0.717) is 18.1 Å². The first-order valence-electron chi connectivity index (χ1n) is 10.9. The molecule has 1 aromatic carbocycles. The molecule has 156 valence electrons. The Morgan fingerprint density at radius 1 is 1.18 bits per heavy atom. The Hall–Kier alpha value is -1.75. The zero-order valence-corrected chi connectivity index (χ0v) is 18.1. The Morgan fingerprint density at radius 3 is 2.68 bits per heavy atom. The van der Waals surface area contributed by atoms with Crippen molar-refractivity contribution in [2.75, 3.05) is 38.2 Å². The fourth-order valence-electron chi connectivity index (χ4n) is 4.59. The van der Waals surface area contributed by atoms with Crippen molar-refractivity contribution < 1.29 is 4.74 Å². The summed E-state index contributed by atoms with van der Waals surface area (Å²) in [4.78, 5) is 6.96. The Labute approximate surface area is 170 Å². The number of para-hydroxylation sites is 1. The van der Waals surface area contributed by atoms with E-state index in [4.69, 9.17) is 4.74 Å². The fraction of sp³-hybridized carbons (Fsp3) is 0.696. The van der Waals surface area contributed by atoms with E-state index in [1.165, 1.54) is 24.9 Å². The zero-order chi connectivity index (χ0) is 20.0. The molecule has 2 aliphatic heterocycles. The van der Waals surface area contributed by atoms with E-state index in [-0.39, 0.29) is 5.41 Å². The summed E-state index contributed by atoms with van der Waals surface area (Å²) in [6.45, 7) is 10.8. The minimum Gasteiger partial charge on any atom is -0.377 e. The van der Waals surface area contributed by atoms with Crippen LogP contribution in [0.15, 0.2) is 35.3 Å². The molecule has 5 heteroatoms. The molecule has 2 fully saturated rings. The zero-order valence-electron chi connectivity index (χ0n) is 18.1. The van der Waals surface area contributed by atoms with Gasteiger partial charge in [-0.15, -0.1) is 0 Å². The molecule has 2 heterocycles. The Kier molecular flexibility index (Phi) is 7.22. The minimum absolute atomic E-state index is 0.170. The van der Waals surface area contributed by atoms with Crippen LogP contribution in [0.5, 0.6) is 0 Å². The number of hydrogen-bond acceptors (Lipinski definition) is 3. The van der Waals surface area contributed by atoms with Gasteiger partial charge in [-0.3, -0.25) is 4.99 Å². The summed E-state index contributed by atoms with van der Waals surface area (Å²) < 4.78 is 6.13. The lowest BCUT2D eigenvalue weighted by Crippen LogP contribution is -2.53. The van der Waals surface area contributed by atoms with Gasteiger partial charge in [0.25, 0.3) is 0 Å². The summed E-state index contributed by atoms with van der Waals surface area (Å²) in [6.07, 6.45) is 5.06. The van der Waals surface area contributed by atoms with Crippen LogP contribution in [0.2, 0.25) is 0 Å². The second-order valence-electron chi connectivity index (χ2n) is 9.28. The topological polar surface area (TPSA) is 48.9 Å². The molecular weight excluding hydrogens is 348 g/mol. The maximum atomic E-state index is 6.13. The highest BCUT2D eigenvalue weighted by atomic mass is 16.5. The summed E-state index contributed by atoms with van der Waals surface area (Å²) >= 11 is 0. The van der Waals surface area contributed by atoms with Crippen LogP contribution in [0, 0.1) is 11.3 Å². The molecule has 2 aliphatic rings. The number of hydrogen-bond donors (Lipinski definition) is 2. The van der Waals surface area contributed by atoms with Crippen LogP contribution >= 0.6 is 0 Å². The van der Waals surface area contributed by atoms with Crippen LogP contribution < -0.4 is 15.5 Å². The first-order valence-corrected chi connectivity index (χ1v) is 10.9. The molecule has 2 N–H and O–H groups in total. The molecular formula is C23H38N4O. The highest BCUT2D eigenvalue weighted by Crippen LogP contribution is 2.33. The molecule has 0 aromatic heterocycles. The third-order valence-electron chi connectivity index (χ3n) is 5.94. The summed E-state index contributed by atoms with van der Waals surface area (Å²) in [5, 5.41) is 7.24. The first kappa shape index (κ1) is 21.0. The van der Waals surface area contributed by atoms with Crippen molar-refractivity contribution in [2.24, 2.45) is 16.3 Å². The van der Waals surface area contributed by atoms with Gasteiger partial charge in [0.2, 0.25) is 0 Å². The molecule has 5 nitrogen and oxygen atoms in total. The second-order valence-corrected chi connectivity index (χ2v) is 9.28. The number of nitrogens with one attached hydrogen (secondary N) is 2. The predicted octanol–water partition coefficient (Wildman–Crippen LogP) is 3.66. The number of benzene rings is 1. The van der Waals surface area contributed by atoms with E-state index in [1.54, 1.807) is 0 Å². The minimum atomic E-state index is 0.170. The molecule has 2 saturated heterocycles. The summed E-state index contributed by atoms with van der Waals surface area (Å²) in [5.41, 5.74) is 1.48. The van der Waals surface area contributed by atoms with Crippen LogP contribution in [0.25, 0.3) is 0 Å². The Balaban J connectivity index is 1.53. The highest BCUT2D eigenvalue weighted by molar-refractivity contribution is 5.80. The Bertz CT molecular complexity index is 625.